The summed E-state index contributed by atoms with van der Waals surface area (Å²) in [5.74, 6) is 0.258. The zero-order valence-electron chi connectivity index (χ0n) is 14.1. The first-order valence-corrected chi connectivity index (χ1v) is 9.85. The summed E-state index contributed by atoms with van der Waals surface area (Å²) < 4.78 is 25.0. The van der Waals surface area contributed by atoms with Crippen LogP contribution >= 0.6 is 0 Å². The van der Waals surface area contributed by atoms with Crippen molar-refractivity contribution < 1.29 is 13.2 Å². The second-order valence-electron chi connectivity index (χ2n) is 6.24. The molecule has 1 saturated heterocycles. The fraction of sp³-hybridized carbons (Fsp3) is 0.600. The molecule has 1 amide bonds. The van der Waals surface area contributed by atoms with Crippen LogP contribution in [0.2, 0.25) is 0 Å². The summed E-state index contributed by atoms with van der Waals surface area (Å²) >= 11 is 0. The number of hydrogen-bond acceptors (Lipinski definition) is 6. The molecule has 0 aromatic carbocycles. The monoisotopic (exact) mass is 351 g/mol. The van der Waals surface area contributed by atoms with Gasteiger partial charge in [-0.05, 0) is 32.8 Å². The fourth-order valence-electron chi connectivity index (χ4n) is 3.10. The number of aryl methyl sites for hydroxylation is 2. The van der Waals surface area contributed by atoms with E-state index in [0.717, 1.165) is 17.8 Å². The molecule has 130 valence electrons. The number of carbonyl (C=O) groups excluding carboxylic acids is 1. The van der Waals surface area contributed by atoms with Gasteiger partial charge in [0.25, 0.3) is 11.7 Å². The van der Waals surface area contributed by atoms with Gasteiger partial charge in [0, 0.05) is 24.0 Å². The number of amides is 1. The van der Waals surface area contributed by atoms with Gasteiger partial charge >= 0.3 is 0 Å². The third-order valence-electron chi connectivity index (χ3n) is 4.18. The summed E-state index contributed by atoms with van der Waals surface area (Å²) in [6, 6.07) is 1.56. The zero-order chi connectivity index (χ0) is 17.5. The summed E-state index contributed by atoms with van der Waals surface area (Å²) in [7, 11) is -3.06. The minimum Gasteiger partial charge on any atom is -0.332 e. The van der Waals surface area contributed by atoms with E-state index in [9.17, 15) is 13.2 Å². The Labute approximate surface area is 140 Å². The van der Waals surface area contributed by atoms with Crippen LogP contribution < -0.4 is 0 Å². The molecule has 0 N–H and O–H groups in total. The second-order valence-corrected chi connectivity index (χ2v) is 8.47. The molecule has 0 bridgehead atoms. The first-order chi connectivity index (χ1) is 11.3. The van der Waals surface area contributed by atoms with Crippen LogP contribution in [-0.4, -0.2) is 62.9 Å². The average Bonchev–Trinajstić information content (AvgIpc) is 3.07. The Bertz CT molecular complexity index is 890. The molecule has 1 atom stereocenters. The van der Waals surface area contributed by atoms with Gasteiger partial charge in [-0.1, -0.05) is 6.92 Å². The molecule has 0 radical (unpaired) electrons. The van der Waals surface area contributed by atoms with Crippen LogP contribution in [0.1, 0.15) is 41.8 Å². The Morgan fingerprint density at radius 1 is 1.38 bits per heavy atom. The quantitative estimate of drug-likeness (QED) is 0.807. The largest absolute Gasteiger partial charge is 0.332 e. The van der Waals surface area contributed by atoms with Gasteiger partial charge in [0.05, 0.1) is 11.5 Å². The van der Waals surface area contributed by atoms with Crippen molar-refractivity contribution in [2.75, 3.05) is 18.1 Å². The second kappa shape index (κ2) is 6.12. The van der Waals surface area contributed by atoms with Gasteiger partial charge in [-0.3, -0.25) is 4.79 Å². The van der Waals surface area contributed by atoms with Gasteiger partial charge in [-0.2, -0.15) is 4.98 Å². The van der Waals surface area contributed by atoms with E-state index in [1.807, 2.05) is 26.8 Å². The Kier molecular flexibility index (Phi) is 4.29. The molecule has 2 aromatic heterocycles. The van der Waals surface area contributed by atoms with E-state index >= 15 is 0 Å². The maximum absolute atomic E-state index is 12.9. The van der Waals surface area contributed by atoms with Crippen molar-refractivity contribution in [1.29, 1.82) is 0 Å². The number of sulfone groups is 1. The lowest BCUT2D eigenvalue weighted by Gasteiger charge is -2.26. The lowest BCUT2D eigenvalue weighted by molar-refractivity contribution is 0.0684. The normalized spacial score (nSPS) is 19.7. The van der Waals surface area contributed by atoms with Gasteiger partial charge in [-0.15, -0.1) is 5.10 Å². The predicted molar refractivity (Wildman–Crippen MR) is 88.6 cm³/mol. The SMILES string of the molecule is CCCN(C(=O)c1nc2nc(C)cc(C)n2n1)[C@H]1CCS(=O)(=O)C1. The number of nitrogens with zero attached hydrogens (tertiary/aromatic N) is 5. The summed E-state index contributed by atoms with van der Waals surface area (Å²) in [5, 5.41) is 4.27. The average molecular weight is 351 g/mol. The predicted octanol–water partition coefficient (Wildman–Crippen LogP) is 0.780. The van der Waals surface area contributed by atoms with E-state index in [0.29, 0.717) is 18.7 Å². The minimum absolute atomic E-state index is 0.0164. The van der Waals surface area contributed by atoms with Crippen LogP contribution in [0.5, 0.6) is 0 Å². The van der Waals surface area contributed by atoms with Crippen LogP contribution in [0.15, 0.2) is 6.07 Å². The molecule has 8 nitrogen and oxygen atoms in total. The first-order valence-electron chi connectivity index (χ1n) is 8.03. The lowest BCUT2D eigenvalue weighted by Crippen LogP contribution is -2.42. The number of aromatic nitrogens is 4. The van der Waals surface area contributed by atoms with Crippen LogP contribution in [0.3, 0.4) is 0 Å². The molecule has 0 unspecified atom stereocenters. The van der Waals surface area contributed by atoms with E-state index in [1.165, 1.54) is 4.52 Å². The van der Waals surface area contributed by atoms with Gasteiger partial charge in [0.15, 0.2) is 9.84 Å². The van der Waals surface area contributed by atoms with Crippen molar-refractivity contribution in [3.63, 3.8) is 0 Å². The van der Waals surface area contributed by atoms with E-state index in [4.69, 9.17) is 0 Å². The number of fused-ring (bicyclic) bond motifs is 1. The first kappa shape index (κ1) is 16.8. The van der Waals surface area contributed by atoms with Crippen LogP contribution in [0, 0.1) is 13.8 Å². The topological polar surface area (TPSA) is 97.5 Å². The third-order valence-corrected chi connectivity index (χ3v) is 5.93. The van der Waals surface area contributed by atoms with Crippen molar-refractivity contribution in [2.45, 2.75) is 39.7 Å². The standard InChI is InChI=1S/C15H21N5O3S/c1-4-6-19(12-5-7-24(22,23)9-12)14(21)13-17-15-16-10(2)8-11(3)20(15)18-13/h8,12H,4-7,9H2,1-3H3/t12-/m0/s1. The minimum atomic E-state index is -3.06. The summed E-state index contributed by atoms with van der Waals surface area (Å²) in [4.78, 5) is 23.0. The fourth-order valence-corrected chi connectivity index (χ4v) is 4.83. The molecule has 1 fully saturated rings. The highest BCUT2D eigenvalue weighted by Crippen LogP contribution is 2.20. The molecule has 3 rings (SSSR count). The number of carbonyl (C=O) groups is 1. The lowest BCUT2D eigenvalue weighted by atomic mass is 10.2. The molecule has 2 aromatic rings. The summed E-state index contributed by atoms with van der Waals surface area (Å²) in [5.41, 5.74) is 1.65. The highest BCUT2D eigenvalue weighted by atomic mass is 32.2. The Hall–Kier alpha value is -2.03. The molecule has 24 heavy (non-hydrogen) atoms. The maximum atomic E-state index is 12.9. The molecule has 0 spiro atoms. The molecule has 9 heteroatoms. The van der Waals surface area contributed by atoms with Gasteiger partial charge < -0.3 is 4.90 Å². The van der Waals surface area contributed by atoms with Crippen molar-refractivity contribution in [3.8, 4) is 0 Å². The van der Waals surface area contributed by atoms with Crippen molar-refractivity contribution >= 4 is 21.5 Å². The smallest absolute Gasteiger partial charge is 0.293 e. The third kappa shape index (κ3) is 3.12. The molecule has 1 aliphatic heterocycles. The van der Waals surface area contributed by atoms with E-state index < -0.39 is 9.84 Å². The maximum Gasteiger partial charge on any atom is 0.293 e. The van der Waals surface area contributed by atoms with E-state index in [2.05, 4.69) is 15.1 Å². The van der Waals surface area contributed by atoms with Crippen molar-refractivity contribution in [2.24, 2.45) is 0 Å². The van der Waals surface area contributed by atoms with Gasteiger partial charge in [-0.25, -0.2) is 17.9 Å². The highest BCUT2D eigenvalue weighted by Gasteiger charge is 2.35. The summed E-state index contributed by atoms with van der Waals surface area (Å²) in [6.07, 6.45) is 1.21. The van der Waals surface area contributed by atoms with Gasteiger partial charge in [0.2, 0.25) is 5.82 Å². The van der Waals surface area contributed by atoms with Gasteiger partial charge in [0.1, 0.15) is 0 Å². The number of hydrogen-bond donors (Lipinski definition) is 0. The molecule has 3 heterocycles. The van der Waals surface area contributed by atoms with E-state index in [1.54, 1.807) is 4.90 Å². The van der Waals surface area contributed by atoms with Crippen LogP contribution in [0.25, 0.3) is 5.78 Å². The molecular formula is C15H21N5O3S. The Balaban J connectivity index is 1.94. The summed E-state index contributed by atoms with van der Waals surface area (Å²) in [6.45, 7) is 6.17. The van der Waals surface area contributed by atoms with E-state index in [-0.39, 0.29) is 29.3 Å². The van der Waals surface area contributed by atoms with Crippen LogP contribution in [0.4, 0.5) is 0 Å². The van der Waals surface area contributed by atoms with Crippen LogP contribution in [-0.2, 0) is 9.84 Å². The van der Waals surface area contributed by atoms with Crippen molar-refractivity contribution in [1.82, 2.24) is 24.5 Å². The molecule has 0 aliphatic carbocycles. The van der Waals surface area contributed by atoms with Crippen molar-refractivity contribution in [3.05, 3.63) is 23.3 Å². The molecule has 0 saturated carbocycles. The highest BCUT2D eigenvalue weighted by molar-refractivity contribution is 7.91. The Morgan fingerprint density at radius 3 is 2.75 bits per heavy atom. The molecule has 1 aliphatic rings. The number of rotatable bonds is 4. The molecular weight excluding hydrogens is 330 g/mol. The zero-order valence-corrected chi connectivity index (χ0v) is 14.9. The Morgan fingerprint density at radius 2 is 2.12 bits per heavy atom.